The smallest absolute Gasteiger partial charge is 0.399 e. The van der Waals surface area contributed by atoms with Crippen LogP contribution >= 0.6 is 0 Å². The average Bonchev–Trinajstić information content (AvgIpc) is 3.64. The van der Waals surface area contributed by atoms with Gasteiger partial charge in [-0.15, -0.1) is 0 Å². The molecule has 0 saturated carbocycles. The number of hydrogen-bond donors (Lipinski definition) is 0. The van der Waals surface area contributed by atoms with Gasteiger partial charge in [-0.25, -0.2) is 15.0 Å². The van der Waals surface area contributed by atoms with E-state index < -0.39 is 18.3 Å². The first-order valence-corrected chi connectivity index (χ1v) is 19.0. The molecule has 0 atom stereocenters. The van der Waals surface area contributed by atoms with Crippen molar-refractivity contribution in [3.8, 4) is 39.9 Å². The van der Waals surface area contributed by atoms with Crippen molar-refractivity contribution in [2.75, 3.05) is 0 Å². The fourth-order valence-electron chi connectivity index (χ4n) is 8.10. The monoisotopic (exact) mass is 712 g/mol. The van der Waals surface area contributed by atoms with Gasteiger partial charge in [0.15, 0.2) is 17.5 Å². The SMILES string of the molecule is Cc1c(C)c(C)c2c(c1C)c1c(C)c(C)c(C)c(C)c1n2-c1ccc(-c2nc(-c3ccccc3)nc(-c3ccccc3)n2)cc1B1OC(C)(C)C(C)(C)O1. The van der Waals surface area contributed by atoms with Crippen LogP contribution in [-0.2, 0) is 9.31 Å². The summed E-state index contributed by atoms with van der Waals surface area (Å²) in [5, 5.41) is 2.63. The van der Waals surface area contributed by atoms with E-state index in [4.69, 9.17) is 24.3 Å². The normalized spacial score (nSPS) is 15.1. The van der Waals surface area contributed by atoms with E-state index in [0.717, 1.165) is 27.8 Å². The van der Waals surface area contributed by atoms with Crippen LogP contribution in [-0.4, -0.2) is 37.8 Å². The molecule has 2 aromatic heterocycles. The summed E-state index contributed by atoms with van der Waals surface area (Å²) < 4.78 is 16.3. The third kappa shape index (κ3) is 5.43. The van der Waals surface area contributed by atoms with Crippen molar-refractivity contribution in [3.63, 3.8) is 0 Å². The average molecular weight is 713 g/mol. The topological polar surface area (TPSA) is 62.1 Å². The van der Waals surface area contributed by atoms with Crippen molar-refractivity contribution in [2.45, 2.75) is 94.3 Å². The highest BCUT2D eigenvalue weighted by molar-refractivity contribution is 6.63. The Morgan fingerprint density at radius 2 is 0.852 bits per heavy atom. The Hall–Kier alpha value is -5.11. The van der Waals surface area contributed by atoms with Gasteiger partial charge in [0.2, 0.25) is 0 Å². The number of aryl methyl sites for hydroxylation is 4. The highest BCUT2D eigenvalue weighted by atomic mass is 16.7. The standard InChI is InChI=1S/C47H49BN4O2/c1-26-28(3)32(7)41-39(30(26)5)40-31(6)27(2)29(4)33(8)42(40)52(41)38-24-23-36(25-37(38)48-53-46(9,10)47(11,12)54-48)45-50-43(34-19-15-13-16-20-34)49-44(51-45)35-21-17-14-18-22-35/h13-25H,1-12H3. The zero-order chi connectivity index (χ0) is 38.4. The molecule has 0 spiro atoms. The molecule has 54 heavy (non-hydrogen) atoms. The third-order valence-electron chi connectivity index (χ3n) is 12.7. The first-order valence-electron chi connectivity index (χ1n) is 19.0. The molecule has 1 saturated heterocycles. The lowest BCUT2D eigenvalue weighted by Gasteiger charge is -2.32. The van der Waals surface area contributed by atoms with Crippen LogP contribution in [0.5, 0.6) is 0 Å². The van der Waals surface area contributed by atoms with Crippen LogP contribution < -0.4 is 5.46 Å². The molecule has 1 fully saturated rings. The summed E-state index contributed by atoms with van der Waals surface area (Å²) in [5.41, 5.74) is 16.6. The van der Waals surface area contributed by atoms with Crippen LogP contribution in [0.3, 0.4) is 0 Å². The van der Waals surface area contributed by atoms with Crippen molar-refractivity contribution in [3.05, 3.63) is 123 Å². The fraction of sp³-hybridized carbons (Fsp3) is 0.298. The fourth-order valence-corrected chi connectivity index (χ4v) is 8.10. The summed E-state index contributed by atoms with van der Waals surface area (Å²) in [4.78, 5) is 15.2. The molecule has 7 aromatic rings. The molecular formula is C47H49BN4O2. The Morgan fingerprint density at radius 3 is 1.28 bits per heavy atom. The van der Waals surface area contributed by atoms with Gasteiger partial charge in [0.1, 0.15) is 0 Å². The van der Waals surface area contributed by atoms with E-state index in [1.165, 1.54) is 66.3 Å². The van der Waals surface area contributed by atoms with E-state index in [-0.39, 0.29) is 0 Å². The van der Waals surface area contributed by atoms with Gasteiger partial charge in [-0.2, -0.15) is 0 Å². The van der Waals surface area contributed by atoms with Crippen molar-refractivity contribution in [1.29, 1.82) is 0 Å². The van der Waals surface area contributed by atoms with Crippen LogP contribution in [0.25, 0.3) is 61.7 Å². The molecule has 0 aliphatic carbocycles. The maximum atomic E-state index is 6.89. The number of hydrogen-bond acceptors (Lipinski definition) is 5. The molecule has 0 bridgehead atoms. The minimum Gasteiger partial charge on any atom is -0.399 e. The molecule has 1 aliphatic heterocycles. The molecule has 0 radical (unpaired) electrons. The lowest BCUT2D eigenvalue weighted by atomic mass is 9.76. The van der Waals surface area contributed by atoms with Crippen LogP contribution in [0, 0.1) is 55.4 Å². The Labute approximate surface area is 319 Å². The molecule has 5 aromatic carbocycles. The van der Waals surface area contributed by atoms with Gasteiger partial charge in [-0.05, 0) is 146 Å². The molecule has 0 amide bonds. The summed E-state index contributed by atoms with van der Waals surface area (Å²) in [7, 11) is -0.637. The van der Waals surface area contributed by atoms with Gasteiger partial charge >= 0.3 is 7.12 Å². The highest BCUT2D eigenvalue weighted by Gasteiger charge is 2.52. The highest BCUT2D eigenvalue weighted by Crippen LogP contribution is 2.44. The molecular weight excluding hydrogens is 663 g/mol. The van der Waals surface area contributed by atoms with Crippen molar-refractivity contribution >= 4 is 34.4 Å². The first kappa shape index (κ1) is 35.9. The number of fused-ring (bicyclic) bond motifs is 3. The van der Waals surface area contributed by atoms with Crippen LogP contribution in [0.1, 0.15) is 72.2 Å². The lowest BCUT2D eigenvalue weighted by molar-refractivity contribution is 0.00578. The second kappa shape index (κ2) is 12.7. The summed E-state index contributed by atoms with van der Waals surface area (Å²) in [6.07, 6.45) is 0. The molecule has 1 aliphatic rings. The van der Waals surface area contributed by atoms with E-state index in [9.17, 15) is 0 Å². The maximum absolute atomic E-state index is 6.89. The Balaban J connectivity index is 1.47. The summed E-state index contributed by atoms with van der Waals surface area (Å²) in [5.74, 6) is 1.83. The number of benzene rings is 5. The van der Waals surface area contributed by atoms with Crippen molar-refractivity contribution in [1.82, 2.24) is 19.5 Å². The molecule has 272 valence electrons. The Bertz CT molecular complexity index is 2490. The maximum Gasteiger partial charge on any atom is 0.497 e. The van der Waals surface area contributed by atoms with Crippen LogP contribution in [0.15, 0.2) is 78.9 Å². The van der Waals surface area contributed by atoms with E-state index in [0.29, 0.717) is 17.5 Å². The third-order valence-corrected chi connectivity index (χ3v) is 12.7. The number of rotatable bonds is 5. The first-order chi connectivity index (χ1) is 25.6. The van der Waals surface area contributed by atoms with Crippen molar-refractivity contribution < 1.29 is 9.31 Å². The van der Waals surface area contributed by atoms with Crippen LogP contribution in [0.4, 0.5) is 0 Å². The minimum atomic E-state index is -0.637. The molecule has 0 unspecified atom stereocenters. The van der Waals surface area contributed by atoms with Gasteiger partial charge in [0.05, 0.1) is 22.2 Å². The second-order valence-corrected chi connectivity index (χ2v) is 16.2. The zero-order valence-corrected chi connectivity index (χ0v) is 33.7. The molecule has 6 nitrogen and oxygen atoms in total. The Morgan fingerprint density at radius 1 is 0.463 bits per heavy atom. The van der Waals surface area contributed by atoms with Crippen LogP contribution in [0.2, 0.25) is 0 Å². The molecule has 3 heterocycles. The number of nitrogens with zero attached hydrogens (tertiary/aromatic N) is 4. The molecule has 7 heteroatoms. The molecule has 8 rings (SSSR count). The van der Waals surface area contributed by atoms with E-state index in [2.05, 4.69) is 106 Å². The van der Waals surface area contributed by atoms with Gasteiger partial charge in [0, 0.05) is 38.6 Å². The number of aromatic nitrogens is 4. The van der Waals surface area contributed by atoms with Crippen molar-refractivity contribution in [2.24, 2.45) is 0 Å². The van der Waals surface area contributed by atoms with Gasteiger partial charge in [-0.3, -0.25) is 0 Å². The quantitative estimate of drug-likeness (QED) is 0.166. The minimum absolute atomic E-state index is 0.541. The van der Waals surface area contributed by atoms with E-state index >= 15 is 0 Å². The second-order valence-electron chi connectivity index (χ2n) is 16.2. The summed E-state index contributed by atoms with van der Waals surface area (Å²) in [6, 6.07) is 26.8. The Kier molecular flexibility index (Phi) is 8.48. The van der Waals surface area contributed by atoms with Gasteiger partial charge in [-0.1, -0.05) is 60.7 Å². The summed E-state index contributed by atoms with van der Waals surface area (Å²) in [6.45, 7) is 26.6. The largest absolute Gasteiger partial charge is 0.497 e. The predicted molar refractivity (Wildman–Crippen MR) is 224 cm³/mol. The lowest BCUT2D eigenvalue weighted by Crippen LogP contribution is -2.41. The van der Waals surface area contributed by atoms with Gasteiger partial charge < -0.3 is 13.9 Å². The van der Waals surface area contributed by atoms with Gasteiger partial charge in [0.25, 0.3) is 0 Å². The zero-order valence-electron chi connectivity index (χ0n) is 33.7. The van der Waals surface area contributed by atoms with E-state index in [1.54, 1.807) is 0 Å². The van der Waals surface area contributed by atoms with E-state index in [1.807, 2.05) is 60.7 Å². The summed E-state index contributed by atoms with van der Waals surface area (Å²) >= 11 is 0. The predicted octanol–water partition coefficient (Wildman–Crippen LogP) is 10.7. The molecule has 0 N–H and O–H groups in total.